The first-order valence-corrected chi connectivity index (χ1v) is 7.17. The van der Waals surface area contributed by atoms with Gasteiger partial charge >= 0.3 is 0 Å². The number of rotatable bonds is 7. The molecule has 18 heavy (non-hydrogen) atoms. The normalized spacial score (nSPS) is 10.3. The zero-order chi connectivity index (χ0) is 13.4. The summed E-state index contributed by atoms with van der Waals surface area (Å²) in [5.74, 6) is 5.89. The van der Waals surface area contributed by atoms with Crippen molar-refractivity contribution in [3.63, 3.8) is 0 Å². The predicted octanol–water partition coefficient (Wildman–Crippen LogP) is 2.56. The van der Waals surface area contributed by atoms with Gasteiger partial charge in [0, 0.05) is 11.3 Å². The van der Waals surface area contributed by atoms with E-state index in [0.29, 0.717) is 17.1 Å². The molecule has 0 atom stereocenters. The number of nitrogens with one attached hydrogen (secondary N) is 1. The van der Waals surface area contributed by atoms with E-state index >= 15 is 0 Å². The molecule has 0 aliphatic heterocycles. The molecule has 1 amide bonds. The standard InChI is InChI=1S/C12H18ClN3OS/c13-10-8-9(5-6-11(10)14)18-7-3-1-2-4-12(17)16-15/h5-6,8H,1-4,7,14-15H2,(H,16,17). The Morgan fingerprint density at radius 1 is 1.33 bits per heavy atom. The Labute approximate surface area is 116 Å². The highest BCUT2D eigenvalue weighted by Gasteiger charge is 2.00. The maximum atomic E-state index is 10.9. The van der Waals surface area contributed by atoms with Crippen molar-refractivity contribution in [3.05, 3.63) is 23.2 Å². The van der Waals surface area contributed by atoms with Crippen LogP contribution in [0.4, 0.5) is 5.69 Å². The van der Waals surface area contributed by atoms with E-state index < -0.39 is 0 Å². The Morgan fingerprint density at radius 3 is 2.78 bits per heavy atom. The topological polar surface area (TPSA) is 81.1 Å². The molecule has 0 aromatic heterocycles. The Bertz CT molecular complexity index is 401. The van der Waals surface area contributed by atoms with E-state index in [2.05, 4.69) is 5.43 Å². The lowest BCUT2D eigenvalue weighted by Crippen LogP contribution is -2.29. The molecule has 1 aromatic rings. The van der Waals surface area contributed by atoms with Gasteiger partial charge in [-0.1, -0.05) is 18.0 Å². The largest absolute Gasteiger partial charge is 0.398 e. The van der Waals surface area contributed by atoms with Gasteiger partial charge in [0.1, 0.15) is 0 Å². The quantitative estimate of drug-likeness (QED) is 0.180. The minimum atomic E-state index is -0.104. The van der Waals surface area contributed by atoms with Crippen molar-refractivity contribution in [1.82, 2.24) is 5.43 Å². The average Bonchev–Trinajstić information content (AvgIpc) is 2.37. The van der Waals surface area contributed by atoms with Gasteiger partial charge in [-0.05, 0) is 36.8 Å². The van der Waals surface area contributed by atoms with Crippen LogP contribution in [0.1, 0.15) is 25.7 Å². The van der Waals surface area contributed by atoms with Crippen molar-refractivity contribution >= 4 is 35.0 Å². The van der Waals surface area contributed by atoms with Crippen LogP contribution in [-0.2, 0) is 4.79 Å². The molecule has 4 nitrogen and oxygen atoms in total. The summed E-state index contributed by atoms with van der Waals surface area (Å²) in [4.78, 5) is 12.0. The first kappa shape index (κ1) is 15.1. The van der Waals surface area contributed by atoms with E-state index in [1.54, 1.807) is 11.8 Å². The van der Waals surface area contributed by atoms with Gasteiger partial charge in [-0.2, -0.15) is 0 Å². The molecular formula is C12H18ClN3OS. The molecule has 0 aliphatic carbocycles. The molecule has 0 bridgehead atoms. The van der Waals surface area contributed by atoms with Gasteiger partial charge in [0.25, 0.3) is 0 Å². The highest BCUT2D eigenvalue weighted by atomic mass is 35.5. The molecule has 0 radical (unpaired) electrons. The summed E-state index contributed by atoms with van der Waals surface area (Å²) >= 11 is 7.68. The summed E-state index contributed by atoms with van der Waals surface area (Å²) in [5.41, 5.74) is 8.36. The fourth-order valence-corrected chi connectivity index (χ4v) is 2.62. The lowest BCUT2D eigenvalue weighted by atomic mass is 10.2. The monoisotopic (exact) mass is 287 g/mol. The van der Waals surface area contributed by atoms with Gasteiger partial charge in [-0.15, -0.1) is 11.8 Å². The number of unbranched alkanes of at least 4 members (excludes halogenated alkanes) is 2. The third kappa shape index (κ3) is 5.62. The number of thioether (sulfide) groups is 1. The first-order chi connectivity index (χ1) is 8.63. The molecule has 0 heterocycles. The molecule has 0 aliphatic rings. The van der Waals surface area contributed by atoms with Crippen LogP contribution in [0.2, 0.25) is 5.02 Å². The van der Waals surface area contributed by atoms with Gasteiger partial charge in [0.2, 0.25) is 5.91 Å². The van der Waals surface area contributed by atoms with Crippen LogP contribution in [0.5, 0.6) is 0 Å². The minimum absolute atomic E-state index is 0.104. The van der Waals surface area contributed by atoms with Gasteiger partial charge in [0.15, 0.2) is 0 Å². The average molecular weight is 288 g/mol. The molecule has 0 spiro atoms. The van der Waals surface area contributed by atoms with E-state index in [9.17, 15) is 4.79 Å². The second-order valence-corrected chi connectivity index (χ2v) is 5.49. The lowest BCUT2D eigenvalue weighted by Gasteiger charge is -2.04. The maximum Gasteiger partial charge on any atom is 0.233 e. The van der Waals surface area contributed by atoms with Crippen molar-refractivity contribution < 1.29 is 4.79 Å². The van der Waals surface area contributed by atoms with Gasteiger partial charge in [0.05, 0.1) is 10.7 Å². The molecule has 0 saturated heterocycles. The zero-order valence-electron chi connectivity index (χ0n) is 10.1. The van der Waals surface area contributed by atoms with Gasteiger partial charge < -0.3 is 5.73 Å². The Morgan fingerprint density at radius 2 is 2.11 bits per heavy atom. The van der Waals surface area contributed by atoms with E-state index in [1.807, 2.05) is 18.2 Å². The van der Waals surface area contributed by atoms with E-state index in [0.717, 1.165) is 29.9 Å². The van der Waals surface area contributed by atoms with E-state index in [-0.39, 0.29) is 5.91 Å². The van der Waals surface area contributed by atoms with Crippen LogP contribution < -0.4 is 17.0 Å². The van der Waals surface area contributed by atoms with Crippen LogP contribution in [0, 0.1) is 0 Å². The minimum Gasteiger partial charge on any atom is -0.398 e. The van der Waals surface area contributed by atoms with Crippen molar-refractivity contribution in [3.8, 4) is 0 Å². The van der Waals surface area contributed by atoms with Gasteiger partial charge in [-0.25, -0.2) is 5.84 Å². The van der Waals surface area contributed by atoms with E-state index in [4.69, 9.17) is 23.2 Å². The molecule has 1 aromatic carbocycles. The number of hydrogen-bond acceptors (Lipinski definition) is 4. The molecule has 0 unspecified atom stereocenters. The summed E-state index contributed by atoms with van der Waals surface area (Å²) in [7, 11) is 0. The fraction of sp³-hybridized carbons (Fsp3) is 0.417. The van der Waals surface area contributed by atoms with Crippen molar-refractivity contribution in [1.29, 1.82) is 0 Å². The number of hydrazine groups is 1. The van der Waals surface area contributed by atoms with Crippen LogP contribution >= 0.6 is 23.4 Å². The van der Waals surface area contributed by atoms with Crippen molar-refractivity contribution in [2.45, 2.75) is 30.6 Å². The molecule has 6 heteroatoms. The highest BCUT2D eigenvalue weighted by Crippen LogP contribution is 2.26. The van der Waals surface area contributed by atoms with Crippen LogP contribution in [-0.4, -0.2) is 11.7 Å². The molecular weight excluding hydrogens is 270 g/mol. The Balaban J connectivity index is 2.14. The summed E-state index contributed by atoms with van der Waals surface area (Å²) in [6, 6.07) is 5.66. The third-order valence-electron chi connectivity index (χ3n) is 2.45. The van der Waals surface area contributed by atoms with Crippen LogP contribution in [0.3, 0.4) is 0 Å². The molecule has 5 N–H and O–H groups in total. The first-order valence-electron chi connectivity index (χ1n) is 5.80. The molecule has 100 valence electrons. The number of nitrogen functional groups attached to an aromatic ring is 1. The van der Waals surface area contributed by atoms with Crippen molar-refractivity contribution in [2.75, 3.05) is 11.5 Å². The summed E-state index contributed by atoms with van der Waals surface area (Å²) in [6.07, 6.45) is 3.44. The number of anilines is 1. The summed E-state index contributed by atoms with van der Waals surface area (Å²) in [5, 5.41) is 0.597. The summed E-state index contributed by atoms with van der Waals surface area (Å²) < 4.78 is 0. The van der Waals surface area contributed by atoms with Crippen LogP contribution in [0.25, 0.3) is 0 Å². The smallest absolute Gasteiger partial charge is 0.233 e. The number of halogens is 1. The zero-order valence-corrected chi connectivity index (χ0v) is 11.7. The summed E-state index contributed by atoms with van der Waals surface area (Å²) in [6.45, 7) is 0. The number of carbonyl (C=O) groups is 1. The number of hydrogen-bond donors (Lipinski definition) is 3. The second kappa shape index (κ2) is 8.24. The van der Waals surface area contributed by atoms with E-state index in [1.165, 1.54) is 0 Å². The van der Waals surface area contributed by atoms with Gasteiger partial charge in [-0.3, -0.25) is 10.2 Å². The molecule has 0 fully saturated rings. The number of nitrogens with two attached hydrogens (primary N) is 2. The Hall–Kier alpha value is -0.910. The maximum absolute atomic E-state index is 10.9. The lowest BCUT2D eigenvalue weighted by molar-refractivity contribution is -0.121. The Kier molecular flexibility index (Phi) is 6.93. The molecule has 1 rings (SSSR count). The third-order valence-corrected chi connectivity index (χ3v) is 3.86. The van der Waals surface area contributed by atoms with Crippen molar-refractivity contribution in [2.24, 2.45) is 5.84 Å². The van der Waals surface area contributed by atoms with Crippen LogP contribution in [0.15, 0.2) is 23.1 Å². The fourth-order valence-electron chi connectivity index (χ4n) is 1.42. The molecule has 0 saturated carbocycles. The number of carbonyl (C=O) groups excluding carboxylic acids is 1. The highest BCUT2D eigenvalue weighted by molar-refractivity contribution is 7.99. The number of benzene rings is 1. The predicted molar refractivity (Wildman–Crippen MR) is 77.4 cm³/mol. The second-order valence-electron chi connectivity index (χ2n) is 3.91. The number of amides is 1. The SMILES string of the molecule is NNC(=O)CCCCCSc1ccc(N)c(Cl)c1.